The predicted molar refractivity (Wildman–Crippen MR) is 222 cm³/mol. The zero-order valence-corrected chi connectivity index (χ0v) is 32.3. The smallest absolute Gasteiger partial charge is 0.260 e. The maximum atomic E-state index is 13.8. The van der Waals surface area contributed by atoms with Gasteiger partial charge in [-0.25, -0.2) is 0 Å². The molecule has 13 nitrogen and oxygen atoms in total. The zero-order valence-electron chi connectivity index (χ0n) is 32.3. The summed E-state index contributed by atoms with van der Waals surface area (Å²) in [6.45, 7) is 0.571. The van der Waals surface area contributed by atoms with Crippen molar-refractivity contribution in [3.05, 3.63) is 107 Å². The fourth-order valence-corrected chi connectivity index (χ4v) is 7.35. The van der Waals surface area contributed by atoms with Crippen LogP contribution in [0.1, 0.15) is 51.1 Å². The lowest BCUT2D eigenvalue weighted by molar-refractivity contribution is -0.114. The number of carbonyl (C=O) groups is 3. The number of hydrogen-bond acceptors (Lipinski definition) is 10. The lowest BCUT2D eigenvalue weighted by Gasteiger charge is -2.19. The van der Waals surface area contributed by atoms with E-state index in [1.165, 1.54) is 14.2 Å². The first kappa shape index (κ1) is 38.1. The van der Waals surface area contributed by atoms with E-state index in [2.05, 4.69) is 5.32 Å². The van der Waals surface area contributed by atoms with Gasteiger partial charge in [0.2, 0.25) is 5.91 Å². The Morgan fingerprint density at radius 3 is 1.62 bits per heavy atom. The fourth-order valence-electron chi connectivity index (χ4n) is 7.35. The minimum absolute atomic E-state index is 0.0955. The van der Waals surface area contributed by atoms with Crippen molar-refractivity contribution < 1.29 is 38.1 Å². The van der Waals surface area contributed by atoms with Crippen LogP contribution in [0.15, 0.2) is 95.2 Å². The van der Waals surface area contributed by atoms with Crippen molar-refractivity contribution in [2.24, 2.45) is 9.98 Å². The third-order valence-corrected chi connectivity index (χ3v) is 10.4. The fraction of sp³-hybridized carbons (Fsp3) is 0.250. The summed E-state index contributed by atoms with van der Waals surface area (Å²) in [6.07, 6.45) is 8.95. The number of nitrogens with zero attached hydrogens (tertiary/aromatic N) is 4. The molecule has 4 aromatic carbocycles. The molecule has 4 aliphatic rings. The quantitative estimate of drug-likeness (QED) is 0.113. The average Bonchev–Trinajstić information content (AvgIpc) is 3.83. The molecule has 4 heterocycles. The molecule has 292 valence electrons. The largest absolute Gasteiger partial charge is 0.497 e. The van der Waals surface area contributed by atoms with Gasteiger partial charge >= 0.3 is 0 Å². The highest BCUT2D eigenvalue weighted by Crippen LogP contribution is 2.42. The Kier molecular flexibility index (Phi) is 10.7. The van der Waals surface area contributed by atoms with Crippen LogP contribution in [0.3, 0.4) is 0 Å². The highest BCUT2D eigenvalue weighted by atomic mass is 16.5. The predicted octanol–water partition coefficient (Wildman–Crippen LogP) is 7.03. The first-order chi connectivity index (χ1) is 28.3. The molecule has 4 aliphatic heterocycles. The van der Waals surface area contributed by atoms with Gasteiger partial charge in [-0.1, -0.05) is 24.3 Å². The van der Waals surface area contributed by atoms with Gasteiger partial charge in [-0.15, -0.1) is 0 Å². The van der Waals surface area contributed by atoms with Crippen LogP contribution in [0.2, 0.25) is 6.32 Å². The van der Waals surface area contributed by atoms with Crippen LogP contribution in [0, 0.1) is 0 Å². The van der Waals surface area contributed by atoms with Crippen molar-refractivity contribution in [3.8, 4) is 28.7 Å². The average molecular weight is 778 g/mol. The standard InChI is InChI=1S/C44H40BN5O8/c1-54-33-11-7-27(8-12-33)29-16-32-23-47-37-20-41(39(56-3)18-35(37)44(53)50(32)25-29)58-14-4-13-57-40-19-36-34(17-38(40)55-2)43(52)49-24-28(15-31(49)22-46-36)26-5-9-30(10-6-26)48-42(51)21-45/h5-12,17-20,22-25,31-32H,4,13-16,21H2,1-3H3,(H,48,51)/t31?,32-/m0/s1. The number of amides is 3. The number of carbonyl (C=O) groups excluding carboxylic acids is 3. The van der Waals surface area contributed by atoms with Crippen molar-refractivity contribution in [1.29, 1.82) is 0 Å². The minimum atomic E-state index is -0.270. The summed E-state index contributed by atoms with van der Waals surface area (Å²) in [4.78, 5) is 52.0. The molecule has 14 heteroatoms. The first-order valence-corrected chi connectivity index (χ1v) is 18.9. The van der Waals surface area contributed by atoms with Gasteiger partial charge in [-0.3, -0.25) is 24.4 Å². The van der Waals surface area contributed by atoms with Crippen LogP contribution in [0.4, 0.5) is 17.1 Å². The molecule has 0 aromatic heterocycles. The zero-order chi connectivity index (χ0) is 40.3. The molecule has 0 bridgehead atoms. The molecular formula is C44H40BN5O8. The molecule has 3 amide bonds. The summed E-state index contributed by atoms with van der Waals surface area (Å²) in [7, 11) is 10.1. The van der Waals surface area contributed by atoms with Gasteiger partial charge in [-0.05, 0) is 65.0 Å². The van der Waals surface area contributed by atoms with Crippen molar-refractivity contribution in [2.45, 2.75) is 37.7 Å². The topological polar surface area (TPSA) is 141 Å². The maximum absolute atomic E-state index is 13.8. The lowest BCUT2D eigenvalue weighted by atomic mass is 10.0. The van der Waals surface area contributed by atoms with Crippen molar-refractivity contribution in [3.63, 3.8) is 0 Å². The van der Waals surface area contributed by atoms with Crippen molar-refractivity contribution in [2.75, 3.05) is 39.9 Å². The number of benzene rings is 4. The van der Waals surface area contributed by atoms with E-state index in [0.717, 1.165) is 28.0 Å². The van der Waals surface area contributed by atoms with Crippen LogP contribution in [0.5, 0.6) is 28.7 Å². The molecule has 0 fully saturated rings. The van der Waals surface area contributed by atoms with Crippen LogP contribution < -0.4 is 29.0 Å². The summed E-state index contributed by atoms with van der Waals surface area (Å²) in [5, 5.41) is 2.73. The van der Waals surface area contributed by atoms with Gasteiger partial charge in [0.05, 0.1) is 77.0 Å². The molecular weight excluding hydrogens is 737 g/mol. The van der Waals surface area contributed by atoms with E-state index in [1.54, 1.807) is 65.7 Å². The number of hydrogen-bond donors (Lipinski definition) is 1. The Bertz CT molecular complexity index is 2390. The lowest BCUT2D eigenvalue weighted by Crippen LogP contribution is -2.32. The monoisotopic (exact) mass is 777 g/mol. The Balaban J connectivity index is 0.894. The van der Waals surface area contributed by atoms with Crippen LogP contribution >= 0.6 is 0 Å². The third-order valence-electron chi connectivity index (χ3n) is 10.4. The molecule has 0 saturated heterocycles. The number of methoxy groups -OCH3 is 3. The van der Waals surface area contributed by atoms with Gasteiger partial charge in [0.1, 0.15) is 5.75 Å². The Morgan fingerprint density at radius 2 is 1.17 bits per heavy atom. The summed E-state index contributed by atoms with van der Waals surface area (Å²) in [5.74, 6) is 1.87. The van der Waals surface area contributed by atoms with Crippen LogP contribution in [0.25, 0.3) is 11.1 Å². The summed E-state index contributed by atoms with van der Waals surface area (Å²) < 4.78 is 28.8. The summed E-state index contributed by atoms with van der Waals surface area (Å²) in [5.41, 5.74) is 6.44. The van der Waals surface area contributed by atoms with Gasteiger partial charge in [0, 0.05) is 61.9 Å². The Morgan fingerprint density at radius 1 is 0.690 bits per heavy atom. The highest BCUT2D eigenvalue weighted by molar-refractivity contribution is 6.22. The number of aliphatic imine (C=N–C) groups is 2. The summed E-state index contributed by atoms with van der Waals surface area (Å²) >= 11 is 0. The van der Waals surface area contributed by atoms with Crippen molar-refractivity contribution in [1.82, 2.24) is 9.80 Å². The molecule has 8 rings (SSSR count). The molecule has 1 unspecified atom stereocenters. The van der Waals surface area contributed by atoms with E-state index in [0.29, 0.717) is 70.4 Å². The van der Waals surface area contributed by atoms with Crippen LogP contribution in [-0.4, -0.2) is 94.4 Å². The van der Waals surface area contributed by atoms with E-state index in [9.17, 15) is 14.4 Å². The number of fused-ring (bicyclic) bond motifs is 4. The normalized spacial score (nSPS) is 17.6. The molecule has 0 saturated carbocycles. The first-order valence-electron chi connectivity index (χ1n) is 18.9. The second-order valence-corrected chi connectivity index (χ2v) is 14.0. The van der Waals surface area contributed by atoms with E-state index in [-0.39, 0.29) is 49.3 Å². The van der Waals surface area contributed by atoms with Gasteiger partial charge < -0.3 is 38.8 Å². The Hall–Kier alpha value is -6.83. The molecule has 0 aliphatic carbocycles. The molecule has 0 spiro atoms. The molecule has 2 atom stereocenters. The van der Waals surface area contributed by atoms with Gasteiger partial charge in [0.25, 0.3) is 11.8 Å². The second kappa shape index (κ2) is 16.3. The molecule has 58 heavy (non-hydrogen) atoms. The number of ether oxygens (including phenoxy) is 5. The number of anilines is 1. The molecule has 1 N–H and O–H groups in total. The molecule has 2 radical (unpaired) electrons. The third kappa shape index (κ3) is 7.52. The van der Waals surface area contributed by atoms with Crippen LogP contribution in [-0.2, 0) is 4.79 Å². The van der Waals surface area contributed by atoms with E-state index in [1.807, 2.05) is 48.8 Å². The summed E-state index contributed by atoms with van der Waals surface area (Å²) in [6, 6.07) is 21.5. The highest BCUT2D eigenvalue weighted by Gasteiger charge is 2.35. The number of rotatable bonds is 13. The second-order valence-electron chi connectivity index (χ2n) is 14.0. The number of nitrogens with one attached hydrogen (secondary N) is 1. The Labute approximate surface area is 337 Å². The molecule has 4 aromatic rings. The minimum Gasteiger partial charge on any atom is -0.497 e. The maximum Gasteiger partial charge on any atom is 0.260 e. The van der Waals surface area contributed by atoms with E-state index < -0.39 is 0 Å². The SMILES string of the molecule is [B]CC(=O)Nc1ccc(C2=CN3C(=O)c4cc(OC)c(OCCCOc5cc6c(cc5OC)C(=O)N5C=C(c7ccc(OC)cc7)C[C@H]5C=N6)cc4N=CC3C2)cc1. The van der Waals surface area contributed by atoms with E-state index >= 15 is 0 Å². The van der Waals surface area contributed by atoms with Crippen molar-refractivity contribution >= 4 is 66.2 Å². The van der Waals surface area contributed by atoms with Gasteiger partial charge in [-0.2, -0.15) is 0 Å². The van der Waals surface area contributed by atoms with Gasteiger partial charge in [0.15, 0.2) is 23.0 Å². The van der Waals surface area contributed by atoms with E-state index in [4.69, 9.17) is 41.5 Å².